The van der Waals surface area contributed by atoms with Gasteiger partial charge in [-0.05, 0) is 59.3 Å². The molecule has 0 N–H and O–H groups in total. The summed E-state index contributed by atoms with van der Waals surface area (Å²) in [5.41, 5.74) is 1.25. The summed E-state index contributed by atoms with van der Waals surface area (Å²) in [6.45, 7) is 0.145. The zero-order chi connectivity index (χ0) is 24.2. The Morgan fingerprint density at radius 3 is 2.44 bits per heavy atom. The van der Waals surface area contributed by atoms with Crippen LogP contribution in [0.5, 0.6) is 5.75 Å². The van der Waals surface area contributed by atoms with Crippen molar-refractivity contribution in [2.45, 2.75) is 6.54 Å². The molecule has 3 aromatic rings. The first-order valence-electron chi connectivity index (χ1n) is 9.87. The highest BCUT2D eigenvalue weighted by Crippen LogP contribution is 2.33. The van der Waals surface area contributed by atoms with Crippen LogP contribution >= 0.6 is 23.4 Å². The van der Waals surface area contributed by atoms with E-state index in [1.807, 2.05) is 0 Å². The van der Waals surface area contributed by atoms with E-state index in [-0.39, 0.29) is 33.7 Å². The van der Waals surface area contributed by atoms with Gasteiger partial charge in [0.1, 0.15) is 5.75 Å². The molecule has 10 heteroatoms. The van der Waals surface area contributed by atoms with Crippen LogP contribution in [-0.4, -0.2) is 26.9 Å². The van der Waals surface area contributed by atoms with Gasteiger partial charge in [0, 0.05) is 17.2 Å². The minimum atomic E-state index is -0.736. The van der Waals surface area contributed by atoms with E-state index in [1.54, 1.807) is 42.5 Å². The lowest BCUT2D eigenvalue weighted by Crippen LogP contribution is -2.27. The van der Waals surface area contributed by atoms with Crippen molar-refractivity contribution in [3.05, 3.63) is 110 Å². The number of ether oxygens (including phenoxy) is 1. The van der Waals surface area contributed by atoms with Gasteiger partial charge < -0.3 is 4.74 Å². The lowest BCUT2D eigenvalue weighted by atomic mass is 10.2. The SMILES string of the molecule is O=C(Oc1ccc(/C=C2\SC(=O)N(Cc3ccc(Cl)cc3)C2=O)cc1)c1cccc([N+](=O)[O-])c1. The van der Waals surface area contributed by atoms with E-state index in [9.17, 15) is 24.5 Å². The number of esters is 1. The number of rotatable bonds is 6. The van der Waals surface area contributed by atoms with Gasteiger partial charge >= 0.3 is 5.97 Å². The monoisotopic (exact) mass is 494 g/mol. The van der Waals surface area contributed by atoms with E-state index in [4.69, 9.17) is 16.3 Å². The van der Waals surface area contributed by atoms with Crippen LogP contribution in [0.25, 0.3) is 6.08 Å². The predicted octanol–water partition coefficient (Wildman–Crippen LogP) is 5.70. The highest BCUT2D eigenvalue weighted by atomic mass is 35.5. The summed E-state index contributed by atoms with van der Waals surface area (Å²) in [7, 11) is 0. The van der Waals surface area contributed by atoms with Crippen LogP contribution in [0.4, 0.5) is 10.5 Å². The average Bonchev–Trinajstić information content (AvgIpc) is 3.09. The number of nitrogens with zero attached hydrogens (tertiary/aromatic N) is 2. The van der Waals surface area contributed by atoms with Gasteiger partial charge in [-0.25, -0.2) is 4.79 Å². The standard InChI is InChI=1S/C24H15ClN2O6S/c25-18-8-4-16(5-9-18)14-26-22(28)21(34-24(26)30)12-15-6-10-20(11-7-15)33-23(29)17-2-1-3-19(13-17)27(31)32/h1-13H,14H2/b21-12-. The Balaban J connectivity index is 1.43. The van der Waals surface area contributed by atoms with Crippen molar-refractivity contribution in [2.24, 2.45) is 0 Å². The first kappa shape index (κ1) is 23.2. The molecule has 0 aliphatic carbocycles. The molecule has 3 aromatic carbocycles. The number of benzene rings is 3. The summed E-state index contributed by atoms with van der Waals surface area (Å²) in [4.78, 5) is 49.0. The van der Waals surface area contributed by atoms with Crippen LogP contribution in [0.2, 0.25) is 5.02 Å². The molecular formula is C24H15ClN2O6S. The third kappa shape index (κ3) is 5.33. The molecule has 4 rings (SSSR count). The Kier molecular flexibility index (Phi) is 6.76. The number of hydrogen-bond donors (Lipinski definition) is 0. The highest BCUT2D eigenvalue weighted by Gasteiger charge is 2.34. The van der Waals surface area contributed by atoms with Crippen molar-refractivity contribution in [1.82, 2.24) is 4.90 Å². The minimum Gasteiger partial charge on any atom is -0.423 e. The molecule has 0 aromatic heterocycles. The van der Waals surface area contributed by atoms with E-state index < -0.39 is 16.8 Å². The van der Waals surface area contributed by atoms with Crippen LogP contribution in [0.1, 0.15) is 21.5 Å². The third-order valence-electron chi connectivity index (χ3n) is 4.81. The van der Waals surface area contributed by atoms with Crippen molar-refractivity contribution in [3.63, 3.8) is 0 Å². The van der Waals surface area contributed by atoms with E-state index in [0.717, 1.165) is 28.3 Å². The number of halogens is 1. The molecule has 1 aliphatic heterocycles. The molecule has 0 radical (unpaired) electrons. The first-order valence-corrected chi connectivity index (χ1v) is 11.1. The molecule has 1 heterocycles. The summed E-state index contributed by atoms with van der Waals surface area (Å²) in [5, 5.41) is 11.1. The predicted molar refractivity (Wildman–Crippen MR) is 127 cm³/mol. The van der Waals surface area contributed by atoms with Gasteiger partial charge in [-0.3, -0.25) is 24.6 Å². The Hall–Kier alpha value is -3.95. The van der Waals surface area contributed by atoms with Crippen LogP contribution in [0.15, 0.2) is 77.7 Å². The summed E-state index contributed by atoms with van der Waals surface area (Å²) in [5.74, 6) is -0.907. The Morgan fingerprint density at radius 2 is 1.76 bits per heavy atom. The van der Waals surface area contributed by atoms with Crippen molar-refractivity contribution in [1.29, 1.82) is 0 Å². The van der Waals surface area contributed by atoms with Gasteiger partial charge in [0.05, 0.1) is 21.9 Å². The third-order valence-corrected chi connectivity index (χ3v) is 5.97. The molecule has 0 spiro atoms. The number of imide groups is 1. The average molecular weight is 495 g/mol. The molecule has 1 fully saturated rings. The number of hydrogen-bond acceptors (Lipinski definition) is 7. The maximum atomic E-state index is 12.7. The maximum Gasteiger partial charge on any atom is 0.343 e. The van der Waals surface area contributed by atoms with Gasteiger partial charge in [0.15, 0.2) is 0 Å². The number of carbonyl (C=O) groups excluding carboxylic acids is 3. The Labute approximate surface area is 202 Å². The molecule has 0 unspecified atom stereocenters. The lowest BCUT2D eigenvalue weighted by Gasteiger charge is -2.12. The van der Waals surface area contributed by atoms with E-state index in [1.165, 1.54) is 30.3 Å². The van der Waals surface area contributed by atoms with Gasteiger partial charge in [-0.15, -0.1) is 0 Å². The van der Waals surface area contributed by atoms with E-state index in [2.05, 4.69) is 0 Å². The number of nitro groups is 1. The smallest absolute Gasteiger partial charge is 0.343 e. The molecule has 0 saturated carbocycles. The molecule has 0 bridgehead atoms. The summed E-state index contributed by atoms with van der Waals surface area (Å²) in [6.07, 6.45) is 1.58. The molecule has 2 amide bonds. The molecule has 34 heavy (non-hydrogen) atoms. The zero-order valence-electron chi connectivity index (χ0n) is 17.3. The molecule has 0 atom stereocenters. The first-order chi connectivity index (χ1) is 16.3. The maximum absolute atomic E-state index is 12.7. The van der Waals surface area contributed by atoms with Gasteiger partial charge in [-0.1, -0.05) is 41.9 Å². The molecule has 170 valence electrons. The molecule has 8 nitrogen and oxygen atoms in total. The summed E-state index contributed by atoms with van der Waals surface area (Å²) in [6, 6.07) is 18.4. The van der Waals surface area contributed by atoms with Gasteiger partial charge in [-0.2, -0.15) is 0 Å². The van der Waals surface area contributed by atoms with Crippen LogP contribution in [0, 0.1) is 10.1 Å². The van der Waals surface area contributed by atoms with Crippen molar-refractivity contribution in [2.75, 3.05) is 0 Å². The fourth-order valence-corrected chi connectivity index (χ4v) is 4.07. The largest absolute Gasteiger partial charge is 0.423 e. The fraction of sp³-hybridized carbons (Fsp3) is 0.0417. The molecule has 1 aliphatic rings. The van der Waals surface area contributed by atoms with Gasteiger partial charge in [0.25, 0.3) is 16.8 Å². The zero-order valence-corrected chi connectivity index (χ0v) is 18.9. The van der Waals surface area contributed by atoms with Crippen LogP contribution in [-0.2, 0) is 11.3 Å². The Bertz CT molecular complexity index is 1320. The highest BCUT2D eigenvalue weighted by molar-refractivity contribution is 8.18. The van der Waals surface area contributed by atoms with Crippen molar-refractivity contribution >= 4 is 52.2 Å². The normalized spacial score (nSPS) is 14.5. The van der Waals surface area contributed by atoms with Crippen molar-refractivity contribution in [3.8, 4) is 5.75 Å². The minimum absolute atomic E-state index is 0.0487. The van der Waals surface area contributed by atoms with Gasteiger partial charge in [0.2, 0.25) is 0 Å². The fourth-order valence-electron chi connectivity index (χ4n) is 3.10. The second-order valence-electron chi connectivity index (χ2n) is 7.16. The molecular weight excluding hydrogens is 480 g/mol. The number of thioether (sulfide) groups is 1. The quantitative estimate of drug-likeness (QED) is 0.142. The topological polar surface area (TPSA) is 107 Å². The number of nitro benzene ring substituents is 1. The lowest BCUT2D eigenvalue weighted by molar-refractivity contribution is -0.384. The van der Waals surface area contributed by atoms with E-state index in [0.29, 0.717) is 10.6 Å². The Morgan fingerprint density at radius 1 is 1.06 bits per heavy atom. The molecule has 1 saturated heterocycles. The van der Waals surface area contributed by atoms with Crippen molar-refractivity contribution < 1.29 is 24.0 Å². The second kappa shape index (κ2) is 9.90. The second-order valence-corrected chi connectivity index (χ2v) is 8.59. The summed E-state index contributed by atoms with van der Waals surface area (Å²) >= 11 is 6.72. The van der Waals surface area contributed by atoms with Crippen LogP contribution in [0.3, 0.4) is 0 Å². The number of carbonyl (C=O) groups is 3. The number of non-ortho nitro benzene ring substituents is 1. The summed E-state index contributed by atoms with van der Waals surface area (Å²) < 4.78 is 5.26. The van der Waals surface area contributed by atoms with Crippen LogP contribution < -0.4 is 4.74 Å². The number of amides is 2. The van der Waals surface area contributed by atoms with E-state index >= 15 is 0 Å².